The Morgan fingerprint density at radius 3 is 2.64 bits per heavy atom. The van der Waals surface area contributed by atoms with E-state index in [9.17, 15) is 0 Å². The van der Waals surface area contributed by atoms with Crippen LogP contribution in [0.15, 0.2) is 22.8 Å². The summed E-state index contributed by atoms with van der Waals surface area (Å²) in [6, 6.07) is 4.22. The van der Waals surface area contributed by atoms with Gasteiger partial charge >= 0.3 is 0 Å². The molecule has 1 aromatic heterocycles. The zero-order chi connectivity index (χ0) is 10.3. The van der Waals surface area contributed by atoms with Crippen molar-refractivity contribution < 1.29 is 0 Å². The van der Waals surface area contributed by atoms with Crippen molar-refractivity contribution in [3.63, 3.8) is 0 Å². The van der Waals surface area contributed by atoms with E-state index in [1.807, 2.05) is 6.20 Å². The van der Waals surface area contributed by atoms with Gasteiger partial charge in [0.2, 0.25) is 0 Å². The second-order valence-electron chi connectivity index (χ2n) is 4.53. The van der Waals surface area contributed by atoms with Crippen LogP contribution >= 0.6 is 15.9 Å². The van der Waals surface area contributed by atoms with Crippen molar-refractivity contribution in [3.05, 3.63) is 28.4 Å². The largest absolute Gasteiger partial charge is 0.278 e. The predicted molar refractivity (Wildman–Crippen MR) is 62.5 cm³/mol. The van der Waals surface area contributed by atoms with E-state index < -0.39 is 0 Å². The van der Waals surface area contributed by atoms with Gasteiger partial charge in [0, 0.05) is 9.86 Å². The molecule has 0 saturated heterocycles. The van der Waals surface area contributed by atoms with E-state index in [-0.39, 0.29) is 5.41 Å². The number of fused-ring (bicyclic) bond motifs is 1. The highest BCUT2D eigenvalue weighted by Crippen LogP contribution is 2.31. The predicted octanol–water partition coefficient (Wildman–Crippen LogP) is 3.62. The molecule has 0 saturated carbocycles. The molecule has 1 N–H and O–H groups in total. The second-order valence-corrected chi connectivity index (χ2v) is 5.45. The fourth-order valence-electron chi connectivity index (χ4n) is 1.64. The van der Waals surface area contributed by atoms with Crippen LogP contribution in [0.2, 0.25) is 0 Å². The summed E-state index contributed by atoms with van der Waals surface area (Å²) < 4.78 is 1.10. The van der Waals surface area contributed by atoms with E-state index in [1.165, 1.54) is 10.9 Å². The molecule has 2 nitrogen and oxygen atoms in total. The van der Waals surface area contributed by atoms with E-state index >= 15 is 0 Å². The Morgan fingerprint density at radius 2 is 2.00 bits per heavy atom. The van der Waals surface area contributed by atoms with Gasteiger partial charge in [-0.3, -0.25) is 5.10 Å². The van der Waals surface area contributed by atoms with Gasteiger partial charge in [-0.2, -0.15) is 5.10 Å². The number of hydrogen-bond donors (Lipinski definition) is 1. The van der Waals surface area contributed by atoms with Crippen molar-refractivity contribution in [3.8, 4) is 0 Å². The van der Waals surface area contributed by atoms with Crippen molar-refractivity contribution in [1.29, 1.82) is 0 Å². The Hall–Kier alpha value is -0.830. The van der Waals surface area contributed by atoms with Crippen LogP contribution in [0.5, 0.6) is 0 Å². The van der Waals surface area contributed by atoms with Gasteiger partial charge < -0.3 is 0 Å². The Kier molecular flexibility index (Phi) is 2.14. The number of H-pyrrole nitrogens is 1. The summed E-state index contributed by atoms with van der Waals surface area (Å²) in [7, 11) is 0. The summed E-state index contributed by atoms with van der Waals surface area (Å²) in [6.45, 7) is 6.63. The summed E-state index contributed by atoms with van der Waals surface area (Å²) in [4.78, 5) is 0. The minimum Gasteiger partial charge on any atom is -0.278 e. The first-order valence-corrected chi connectivity index (χ1v) is 5.41. The smallest absolute Gasteiger partial charge is 0.0664 e. The fraction of sp³-hybridized carbons (Fsp3) is 0.364. The lowest BCUT2D eigenvalue weighted by molar-refractivity contribution is 0.595. The highest BCUT2D eigenvalue weighted by molar-refractivity contribution is 9.10. The number of aromatic amines is 1. The number of nitrogens with one attached hydrogen (secondary N) is 1. The Labute approximate surface area is 91.8 Å². The maximum absolute atomic E-state index is 4.07. The van der Waals surface area contributed by atoms with E-state index in [1.54, 1.807) is 0 Å². The molecule has 0 spiro atoms. The maximum atomic E-state index is 4.07. The van der Waals surface area contributed by atoms with Gasteiger partial charge in [0.05, 0.1) is 11.7 Å². The molecule has 1 aromatic carbocycles. The Bertz CT molecular complexity index is 466. The first-order chi connectivity index (χ1) is 6.48. The van der Waals surface area contributed by atoms with Gasteiger partial charge in [0.25, 0.3) is 0 Å². The van der Waals surface area contributed by atoms with Crippen molar-refractivity contribution in [2.75, 3.05) is 0 Å². The molecule has 0 amide bonds. The zero-order valence-corrected chi connectivity index (χ0v) is 10.1. The molecule has 2 rings (SSSR count). The average Bonchev–Trinajstić information content (AvgIpc) is 2.47. The van der Waals surface area contributed by atoms with Gasteiger partial charge in [-0.1, -0.05) is 36.7 Å². The van der Waals surface area contributed by atoms with Gasteiger partial charge in [-0.25, -0.2) is 0 Å². The summed E-state index contributed by atoms with van der Waals surface area (Å²) >= 11 is 3.51. The molecule has 74 valence electrons. The molecule has 0 fully saturated rings. The number of halogens is 1. The third-order valence-electron chi connectivity index (χ3n) is 2.33. The van der Waals surface area contributed by atoms with Crippen LogP contribution in [-0.2, 0) is 5.41 Å². The van der Waals surface area contributed by atoms with Crippen molar-refractivity contribution in [2.45, 2.75) is 26.2 Å². The minimum atomic E-state index is 0.145. The van der Waals surface area contributed by atoms with Crippen LogP contribution in [0.25, 0.3) is 10.9 Å². The SMILES string of the molecule is CC(C)(C)c1cc(Br)cc2[nH]ncc12. The first-order valence-electron chi connectivity index (χ1n) is 4.61. The second kappa shape index (κ2) is 3.09. The molecule has 0 bridgehead atoms. The van der Waals surface area contributed by atoms with Crippen molar-refractivity contribution in [1.82, 2.24) is 10.2 Å². The van der Waals surface area contributed by atoms with E-state index in [4.69, 9.17) is 0 Å². The van der Waals surface area contributed by atoms with Crippen LogP contribution in [0.4, 0.5) is 0 Å². The molecule has 2 aromatic rings. The van der Waals surface area contributed by atoms with Gasteiger partial charge in [-0.15, -0.1) is 0 Å². The Balaban J connectivity index is 2.80. The highest BCUT2D eigenvalue weighted by Gasteiger charge is 2.18. The number of rotatable bonds is 0. The van der Waals surface area contributed by atoms with Crippen molar-refractivity contribution >= 4 is 26.8 Å². The Morgan fingerprint density at radius 1 is 1.29 bits per heavy atom. The average molecular weight is 253 g/mol. The van der Waals surface area contributed by atoms with Crippen LogP contribution in [0.1, 0.15) is 26.3 Å². The lowest BCUT2D eigenvalue weighted by Crippen LogP contribution is -2.11. The van der Waals surface area contributed by atoms with Crippen LogP contribution in [-0.4, -0.2) is 10.2 Å². The number of aromatic nitrogens is 2. The number of hydrogen-bond acceptors (Lipinski definition) is 1. The van der Waals surface area contributed by atoms with Crippen LogP contribution < -0.4 is 0 Å². The van der Waals surface area contributed by atoms with Crippen molar-refractivity contribution in [2.24, 2.45) is 0 Å². The third kappa shape index (κ3) is 1.57. The molecular weight excluding hydrogens is 240 g/mol. The quantitative estimate of drug-likeness (QED) is 0.763. The molecule has 0 unspecified atom stereocenters. The van der Waals surface area contributed by atoms with E-state index in [2.05, 4.69) is 59.0 Å². The molecule has 0 aliphatic heterocycles. The number of nitrogens with zero attached hydrogens (tertiary/aromatic N) is 1. The third-order valence-corrected chi connectivity index (χ3v) is 2.79. The molecule has 0 atom stereocenters. The molecule has 3 heteroatoms. The summed E-state index contributed by atoms with van der Waals surface area (Å²) in [6.07, 6.45) is 1.89. The monoisotopic (exact) mass is 252 g/mol. The standard InChI is InChI=1S/C11H13BrN2/c1-11(2,3)9-4-7(12)5-10-8(9)6-13-14-10/h4-6H,1-3H3,(H,13,14). The maximum Gasteiger partial charge on any atom is 0.0664 e. The highest BCUT2D eigenvalue weighted by atomic mass is 79.9. The number of benzene rings is 1. The lowest BCUT2D eigenvalue weighted by Gasteiger charge is -2.20. The molecular formula is C11H13BrN2. The fourth-order valence-corrected chi connectivity index (χ4v) is 2.09. The van der Waals surface area contributed by atoms with E-state index in [0.717, 1.165) is 9.99 Å². The molecule has 0 aliphatic rings. The van der Waals surface area contributed by atoms with Crippen LogP contribution in [0, 0.1) is 0 Å². The molecule has 1 heterocycles. The molecule has 14 heavy (non-hydrogen) atoms. The topological polar surface area (TPSA) is 28.7 Å². The zero-order valence-electron chi connectivity index (χ0n) is 8.56. The van der Waals surface area contributed by atoms with Gasteiger partial charge in [0.15, 0.2) is 0 Å². The summed E-state index contributed by atoms with van der Waals surface area (Å²) in [5.41, 5.74) is 2.55. The molecule has 0 aliphatic carbocycles. The molecule has 0 radical (unpaired) electrons. The minimum absolute atomic E-state index is 0.145. The summed E-state index contributed by atoms with van der Waals surface area (Å²) in [5, 5.41) is 8.27. The normalized spacial score (nSPS) is 12.3. The van der Waals surface area contributed by atoms with E-state index in [0.29, 0.717) is 0 Å². The summed E-state index contributed by atoms with van der Waals surface area (Å²) in [5.74, 6) is 0. The van der Waals surface area contributed by atoms with Gasteiger partial charge in [0.1, 0.15) is 0 Å². The first kappa shape index (κ1) is 9.71. The van der Waals surface area contributed by atoms with Crippen LogP contribution in [0.3, 0.4) is 0 Å². The van der Waals surface area contributed by atoms with Gasteiger partial charge in [-0.05, 0) is 23.1 Å². The lowest BCUT2D eigenvalue weighted by atomic mass is 9.85.